The van der Waals surface area contributed by atoms with E-state index in [4.69, 9.17) is 10.5 Å². The van der Waals surface area contributed by atoms with Crippen molar-refractivity contribution in [3.05, 3.63) is 46.2 Å². The summed E-state index contributed by atoms with van der Waals surface area (Å²) in [5.41, 5.74) is 6.09. The van der Waals surface area contributed by atoms with Gasteiger partial charge in [0.05, 0.1) is 29.8 Å². The summed E-state index contributed by atoms with van der Waals surface area (Å²) in [6.07, 6.45) is 3.60. The van der Waals surface area contributed by atoms with E-state index in [0.29, 0.717) is 15.8 Å². The number of benzene rings is 1. The summed E-state index contributed by atoms with van der Waals surface area (Å²) >= 11 is 2.65. The number of methoxy groups -OCH3 is 1. The van der Waals surface area contributed by atoms with Crippen molar-refractivity contribution in [2.24, 2.45) is 5.73 Å². The van der Waals surface area contributed by atoms with Crippen molar-refractivity contribution in [2.45, 2.75) is 30.8 Å². The maximum Gasteiger partial charge on any atom is 0.232 e. The molecule has 1 aromatic carbocycles. The second-order valence-corrected chi connectivity index (χ2v) is 9.57. The number of thioether (sulfide) groups is 1. The highest BCUT2D eigenvalue weighted by atomic mass is 32.2. The fraction of sp³-hybridized carbons (Fsp3) is 0.364. The van der Waals surface area contributed by atoms with Gasteiger partial charge in [0.15, 0.2) is 10.9 Å². The van der Waals surface area contributed by atoms with Crippen LogP contribution < -0.4 is 15.4 Å². The Labute approximate surface area is 194 Å². The van der Waals surface area contributed by atoms with Crippen LogP contribution >= 0.6 is 23.1 Å². The lowest BCUT2D eigenvalue weighted by Gasteiger charge is -2.28. The first-order valence-corrected chi connectivity index (χ1v) is 12.2. The third-order valence-corrected chi connectivity index (χ3v) is 7.25. The number of carbonyl (C=O) groups is 2. The molecule has 3 aromatic rings. The minimum Gasteiger partial charge on any atom is -0.495 e. The maximum absolute atomic E-state index is 12.8. The number of hydrogen-bond acceptors (Lipinski definition) is 8. The number of piperidine rings is 1. The predicted octanol–water partition coefficient (Wildman–Crippen LogP) is 3.33. The normalized spacial score (nSPS) is 13.8. The van der Waals surface area contributed by atoms with Gasteiger partial charge in [-0.25, -0.2) is 0 Å². The molecule has 0 atom stereocenters. The highest BCUT2D eigenvalue weighted by Gasteiger charge is 2.24. The minimum absolute atomic E-state index is 0.0233. The molecule has 1 fully saturated rings. The number of anilines is 1. The standard InChI is InChI=1S/C22H25N5O3S2/c1-30-18-8-4-3-7-16(18)27-21(26-11-5-2-6-12-26)24-25-22(27)31-14-17(28)19-10-9-15(32-19)13-20(23)29/h3-4,7-10H,2,5-6,11-14H2,1H3,(H2,23,29). The summed E-state index contributed by atoms with van der Waals surface area (Å²) in [5.74, 6) is 1.27. The van der Waals surface area contributed by atoms with Crippen molar-refractivity contribution < 1.29 is 14.3 Å². The Hall–Kier alpha value is -2.85. The lowest BCUT2D eigenvalue weighted by atomic mass is 10.1. The quantitative estimate of drug-likeness (QED) is 0.377. The van der Waals surface area contributed by atoms with E-state index in [1.54, 1.807) is 19.2 Å². The molecule has 3 heterocycles. The molecule has 0 radical (unpaired) electrons. The SMILES string of the molecule is COc1ccccc1-n1c(SCC(=O)c2ccc(CC(N)=O)s2)nnc1N1CCCCC1. The molecule has 1 amide bonds. The second kappa shape index (κ2) is 10.2. The van der Waals surface area contributed by atoms with Gasteiger partial charge in [-0.05, 0) is 43.5 Å². The molecule has 10 heteroatoms. The lowest BCUT2D eigenvalue weighted by molar-refractivity contribution is -0.117. The number of primary amides is 1. The number of thiophene rings is 1. The molecule has 4 rings (SSSR count). The zero-order valence-electron chi connectivity index (χ0n) is 17.8. The first-order chi connectivity index (χ1) is 15.6. The van der Waals surface area contributed by atoms with E-state index >= 15 is 0 Å². The van der Waals surface area contributed by atoms with Crippen LogP contribution in [0.15, 0.2) is 41.6 Å². The molecule has 1 aliphatic rings. The largest absolute Gasteiger partial charge is 0.495 e. The number of ketones is 1. The molecule has 1 saturated heterocycles. The van der Waals surface area contributed by atoms with Crippen molar-refractivity contribution >= 4 is 40.7 Å². The number of Topliss-reactive ketones (excluding diaryl/α,β-unsaturated/α-hetero) is 1. The van der Waals surface area contributed by atoms with Gasteiger partial charge in [-0.2, -0.15) is 0 Å². The molecule has 32 heavy (non-hydrogen) atoms. The summed E-state index contributed by atoms with van der Waals surface area (Å²) < 4.78 is 7.57. The highest BCUT2D eigenvalue weighted by molar-refractivity contribution is 7.99. The molecule has 2 N–H and O–H groups in total. The van der Waals surface area contributed by atoms with Crippen LogP contribution in [0.4, 0.5) is 5.95 Å². The van der Waals surface area contributed by atoms with Crippen LogP contribution in [0.5, 0.6) is 5.75 Å². The number of nitrogens with zero attached hydrogens (tertiary/aromatic N) is 4. The first kappa shape index (κ1) is 22.3. The van der Waals surface area contributed by atoms with E-state index in [2.05, 4.69) is 15.1 Å². The molecule has 0 saturated carbocycles. The van der Waals surface area contributed by atoms with Gasteiger partial charge in [-0.1, -0.05) is 23.9 Å². The molecule has 0 aliphatic carbocycles. The van der Waals surface area contributed by atoms with Crippen LogP contribution in [-0.4, -0.2) is 52.4 Å². The molecule has 0 bridgehead atoms. The molecule has 0 spiro atoms. The van der Waals surface area contributed by atoms with Gasteiger partial charge < -0.3 is 15.4 Å². The van der Waals surface area contributed by atoms with E-state index < -0.39 is 5.91 Å². The average molecular weight is 472 g/mol. The number of aromatic nitrogens is 3. The number of ether oxygens (including phenoxy) is 1. The Morgan fingerprint density at radius 2 is 1.91 bits per heavy atom. The lowest BCUT2D eigenvalue weighted by Crippen LogP contribution is -2.31. The zero-order chi connectivity index (χ0) is 22.5. The molecule has 1 aliphatic heterocycles. The monoisotopic (exact) mass is 471 g/mol. The number of para-hydroxylation sites is 2. The van der Waals surface area contributed by atoms with Gasteiger partial charge >= 0.3 is 0 Å². The van der Waals surface area contributed by atoms with Gasteiger partial charge in [0.1, 0.15) is 5.75 Å². The second-order valence-electron chi connectivity index (χ2n) is 7.46. The van der Waals surface area contributed by atoms with Gasteiger partial charge in [-0.15, -0.1) is 21.5 Å². The third-order valence-electron chi connectivity index (χ3n) is 5.20. The highest BCUT2D eigenvalue weighted by Crippen LogP contribution is 2.33. The minimum atomic E-state index is -0.407. The van der Waals surface area contributed by atoms with E-state index in [1.165, 1.54) is 29.5 Å². The summed E-state index contributed by atoms with van der Waals surface area (Å²) in [5, 5.41) is 9.54. The van der Waals surface area contributed by atoms with E-state index in [-0.39, 0.29) is 18.0 Å². The average Bonchev–Trinajstić information content (AvgIpc) is 3.44. The van der Waals surface area contributed by atoms with Crippen LogP contribution in [0.1, 0.15) is 33.8 Å². The van der Waals surface area contributed by atoms with Crippen molar-refractivity contribution in [2.75, 3.05) is 30.9 Å². The van der Waals surface area contributed by atoms with E-state index in [0.717, 1.165) is 42.4 Å². The maximum atomic E-state index is 12.8. The zero-order valence-corrected chi connectivity index (χ0v) is 19.5. The van der Waals surface area contributed by atoms with Crippen LogP contribution in [0.2, 0.25) is 0 Å². The molecular formula is C22H25N5O3S2. The fourth-order valence-electron chi connectivity index (χ4n) is 3.68. The van der Waals surface area contributed by atoms with Crippen molar-refractivity contribution in [1.82, 2.24) is 14.8 Å². The number of rotatable bonds is 9. The van der Waals surface area contributed by atoms with Gasteiger partial charge in [-0.3, -0.25) is 14.2 Å². The Morgan fingerprint density at radius 1 is 1.12 bits per heavy atom. The molecule has 0 unspecified atom stereocenters. The number of hydrogen-bond donors (Lipinski definition) is 1. The van der Waals surface area contributed by atoms with Crippen molar-refractivity contribution in [3.63, 3.8) is 0 Å². The van der Waals surface area contributed by atoms with E-state index in [1.807, 2.05) is 28.8 Å². The predicted molar refractivity (Wildman–Crippen MR) is 126 cm³/mol. The summed E-state index contributed by atoms with van der Waals surface area (Å²) in [6.45, 7) is 1.85. The number of nitrogens with two attached hydrogens (primary N) is 1. The first-order valence-electron chi connectivity index (χ1n) is 10.4. The smallest absolute Gasteiger partial charge is 0.232 e. The van der Waals surface area contributed by atoms with Gasteiger partial charge in [0, 0.05) is 18.0 Å². The summed E-state index contributed by atoms with van der Waals surface area (Å²) in [6, 6.07) is 11.3. The van der Waals surface area contributed by atoms with Crippen molar-refractivity contribution in [1.29, 1.82) is 0 Å². The number of carbonyl (C=O) groups excluding carboxylic acids is 2. The Morgan fingerprint density at radius 3 is 2.66 bits per heavy atom. The molecular weight excluding hydrogens is 446 g/mol. The van der Waals surface area contributed by atoms with Gasteiger partial charge in [0.25, 0.3) is 0 Å². The molecule has 2 aromatic heterocycles. The van der Waals surface area contributed by atoms with Crippen LogP contribution in [-0.2, 0) is 11.2 Å². The summed E-state index contributed by atoms with van der Waals surface area (Å²) in [4.78, 5) is 27.5. The molecule has 8 nitrogen and oxygen atoms in total. The van der Waals surface area contributed by atoms with Crippen LogP contribution in [0.25, 0.3) is 5.69 Å². The Bertz CT molecular complexity index is 1100. The van der Waals surface area contributed by atoms with E-state index in [9.17, 15) is 9.59 Å². The van der Waals surface area contributed by atoms with Crippen LogP contribution in [0.3, 0.4) is 0 Å². The topological polar surface area (TPSA) is 103 Å². The van der Waals surface area contributed by atoms with Gasteiger partial charge in [0.2, 0.25) is 11.9 Å². The summed E-state index contributed by atoms with van der Waals surface area (Å²) in [7, 11) is 1.64. The molecule has 168 valence electrons. The Balaban J connectivity index is 1.59. The van der Waals surface area contributed by atoms with Crippen LogP contribution in [0, 0.1) is 0 Å². The number of amides is 1. The Kier molecular flexibility index (Phi) is 7.11. The van der Waals surface area contributed by atoms with Crippen molar-refractivity contribution in [3.8, 4) is 11.4 Å². The fourth-order valence-corrected chi connectivity index (χ4v) is 5.55. The third kappa shape index (κ3) is 4.97.